The number of aromatic nitrogens is 3. The van der Waals surface area contributed by atoms with E-state index in [0.717, 1.165) is 31.9 Å². The number of anilines is 2. The van der Waals surface area contributed by atoms with Crippen molar-refractivity contribution < 1.29 is 0 Å². The monoisotopic (exact) mass is 306 g/mol. The molecule has 0 spiro atoms. The molecule has 4 rings (SSSR count). The largest absolute Gasteiger partial charge is 0.339 e. The molecule has 4 nitrogen and oxygen atoms in total. The van der Waals surface area contributed by atoms with Crippen LogP contribution in [0.4, 0.5) is 11.5 Å². The Labute approximate surface area is 131 Å². The van der Waals surface area contributed by atoms with Gasteiger partial charge < -0.3 is 5.32 Å². The Balaban J connectivity index is 1.90. The highest BCUT2D eigenvalue weighted by atomic mass is 32.1. The van der Waals surface area contributed by atoms with Crippen LogP contribution in [0.15, 0.2) is 42.9 Å². The summed E-state index contributed by atoms with van der Waals surface area (Å²) in [7, 11) is 0. The van der Waals surface area contributed by atoms with Crippen molar-refractivity contribution in [3.63, 3.8) is 0 Å². The number of rotatable bonds is 2. The number of pyridine rings is 1. The number of aryl methyl sites for hydroxylation is 2. The lowest BCUT2D eigenvalue weighted by Crippen LogP contribution is -1.97. The second-order valence-corrected chi connectivity index (χ2v) is 6.30. The number of benzene rings is 1. The van der Waals surface area contributed by atoms with E-state index in [-0.39, 0.29) is 0 Å². The van der Waals surface area contributed by atoms with Gasteiger partial charge in [0, 0.05) is 17.3 Å². The minimum atomic E-state index is 0.835. The van der Waals surface area contributed by atoms with Crippen LogP contribution in [0, 0.1) is 13.8 Å². The molecule has 1 aromatic carbocycles. The molecule has 0 fully saturated rings. The van der Waals surface area contributed by atoms with Crippen molar-refractivity contribution in [3.05, 3.63) is 54.0 Å². The highest BCUT2D eigenvalue weighted by molar-refractivity contribution is 7.25. The normalized spacial score (nSPS) is 11.2. The van der Waals surface area contributed by atoms with E-state index < -0.39 is 0 Å². The summed E-state index contributed by atoms with van der Waals surface area (Å²) in [5.74, 6) is 0.835. The van der Waals surface area contributed by atoms with Gasteiger partial charge in [-0.25, -0.2) is 15.0 Å². The Bertz CT molecular complexity index is 990. The molecule has 22 heavy (non-hydrogen) atoms. The zero-order valence-corrected chi connectivity index (χ0v) is 13.1. The van der Waals surface area contributed by atoms with Crippen LogP contribution >= 0.6 is 11.3 Å². The third-order valence-electron chi connectivity index (χ3n) is 3.67. The summed E-state index contributed by atoms with van der Waals surface area (Å²) in [5, 5.41) is 4.53. The highest BCUT2D eigenvalue weighted by Crippen LogP contribution is 2.35. The van der Waals surface area contributed by atoms with Crippen LogP contribution in [0.5, 0.6) is 0 Å². The van der Waals surface area contributed by atoms with Crippen LogP contribution in [-0.4, -0.2) is 15.0 Å². The fourth-order valence-electron chi connectivity index (χ4n) is 2.50. The summed E-state index contributed by atoms with van der Waals surface area (Å²) in [6.45, 7) is 4.18. The number of nitrogens with one attached hydrogen (secondary N) is 1. The van der Waals surface area contributed by atoms with E-state index >= 15 is 0 Å². The number of thiophene rings is 1. The van der Waals surface area contributed by atoms with Crippen molar-refractivity contribution in [2.75, 3.05) is 5.32 Å². The molecule has 108 valence electrons. The minimum absolute atomic E-state index is 0.835. The molecule has 5 heteroatoms. The molecule has 0 radical (unpaired) electrons. The number of nitrogens with zero attached hydrogens (tertiary/aromatic N) is 3. The van der Waals surface area contributed by atoms with Gasteiger partial charge in [-0.2, -0.15) is 0 Å². The summed E-state index contributed by atoms with van der Waals surface area (Å²) in [4.78, 5) is 14.3. The van der Waals surface area contributed by atoms with Crippen molar-refractivity contribution >= 4 is 43.3 Å². The summed E-state index contributed by atoms with van der Waals surface area (Å²) < 4.78 is 1.04. The van der Waals surface area contributed by atoms with Gasteiger partial charge in [-0.05, 0) is 43.2 Å². The van der Waals surface area contributed by atoms with Crippen molar-refractivity contribution in [3.8, 4) is 0 Å². The first-order chi connectivity index (χ1) is 10.7. The lowest BCUT2D eigenvalue weighted by Gasteiger charge is -2.10. The van der Waals surface area contributed by atoms with Gasteiger partial charge in [-0.3, -0.25) is 0 Å². The quantitative estimate of drug-likeness (QED) is 0.588. The Morgan fingerprint density at radius 1 is 1.05 bits per heavy atom. The van der Waals surface area contributed by atoms with Crippen molar-refractivity contribution in [1.29, 1.82) is 0 Å². The van der Waals surface area contributed by atoms with Gasteiger partial charge >= 0.3 is 0 Å². The van der Waals surface area contributed by atoms with Crippen molar-refractivity contribution in [2.45, 2.75) is 13.8 Å². The van der Waals surface area contributed by atoms with Crippen LogP contribution in [0.25, 0.3) is 20.4 Å². The summed E-state index contributed by atoms with van der Waals surface area (Å²) in [5.41, 5.74) is 4.44. The molecule has 0 aliphatic heterocycles. The zero-order chi connectivity index (χ0) is 15.1. The van der Waals surface area contributed by atoms with Crippen LogP contribution in [0.2, 0.25) is 0 Å². The van der Waals surface area contributed by atoms with Crippen LogP contribution in [0.3, 0.4) is 0 Å². The molecule has 0 amide bonds. The van der Waals surface area contributed by atoms with E-state index in [1.165, 1.54) is 11.1 Å². The van der Waals surface area contributed by atoms with E-state index in [1.807, 2.05) is 12.3 Å². The summed E-state index contributed by atoms with van der Waals surface area (Å²) in [6.07, 6.45) is 3.41. The number of hydrogen-bond acceptors (Lipinski definition) is 5. The summed E-state index contributed by atoms with van der Waals surface area (Å²) in [6, 6.07) is 10.3. The lowest BCUT2D eigenvalue weighted by atomic mass is 10.1. The Kier molecular flexibility index (Phi) is 3.01. The SMILES string of the molecule is Cc1ccc(C)c(Nc2ncnc3c2sc2ncccc23)c1. The molecular formula is C17H14N4S. The van der Waals surface area contributed by atoms with Crippen molar-refractivity contribution in [2.24, 2.45) is 0 Å². The summed E-state index contributed by atoms with van der Waals surface area (Å²) >= 11 is 1.62. The van der Waals surface area contributed by atoms with Gasteiger partial charge in [-0.15, -0.1) is 11.3 Å². The second-order valence-electron chi connectivity index (χ2n) is 5.30. The van der Waals surface area contributed by atoms with E-state index in [0.29, 0.717) is 0 Å². The lowest BCUT2D eigenvalue weighted by molar-refractivity contribution is 1.22. The van der Waals surface area contributed by atoms with Gasteiger partial charge in [0.1, 0.15) is 11.2 Å². The van der Waals surface area contributed by atoms with Gasteiger partial charge in [0.25, 0.3) is 0 Å². The van der Waals surface area contributed by atoms with Crippen LogP contribution in [-0.2, 0) is 0 Å². The zero-order valence-electron chi connectivity index (χ0n) is 12.3. The van der Waals surface area contributed by atoms with Crippen molar-refractivity contribution in [1.82, 2.24) is 15.0 Å². The molecule has 4 aromatic rings. The van der Waals surface area contributed by atoms with Gasteiger partial charge in [-0.1, -0.05) is 12.1 Å². The molecule has 0 aliphatic rings. The minimum Gasteiger partial charge on any atom is -0.339 e. The Morgan fingerprint density at radius 2 is 1.95 bits per heavy atom. The molecule has 0 aliphatic carbocycles. The predicted octanol–water partition coefficient (Wildman–Crippen LogP) is 4.60. The molecule has 0 saturated carbocycles. The maximum Gasteiger partial charge on any atom is 0.151 e. The second kappa shape index (κ2) is 5.03. The van der Waals surface area contributed by atoms with E-state index in [2.05, 4.69) is 58.4 Å². The molecule has 0 bridgehead atoms. The molecule has 3 heterocycles. The van der Waals surface area contributed by atoms with E-state index in [1.54, 1.807) is 17.7 Å². The predicted molar refractivity (Wildman–Crippen MR) is 91.9 cm³/mol. The van der Waals surface area contributed by atoms with E-state index in [4.69, 9.17) is 0 Å². The number of fused-ring (bicyclic) bond motifs is 3. The first kappa shape index (κ1) is 13.2. The molecular weight excluding hydrogens is 292 g/mol. The third-order valence-corrected chi connectivity index (χ3v) is 4.78. The fraction of sp³-hybridized carbons (Fsp3) is 0.118. The fourth-order valence-corrected chi connectivity index (χ4v) is 3.54. The van der Waals surface area contributed by atoms with Gasteiger partial charge in [0.15, 0.2) is 5.82 Å². The smallest absolute Gasteiger partial charge is 0.151 e. The highest BCUT2D eigenvalue weighted by Gasteiger charge is 2.12. The standard InChI is InChI=1S/C17H14N4S/c1-10-5-6-11(2)13(8-10)21-16-15-14(19-9-20-16)12-4-3-7-18-17(12)22-15/h3-9H,1-2H3,(H,19,20,21). The molecule has 0 unspecified atom stereocenters. The first-order valence-corrected chi connectivity index (χ1v) is 7.86. The maximum atomic E-state index is 4.43. The average molecular weight is 306 g/mol. The number of hydrogen-bond donors (Lipinski definition) is 1. The molecule has 1 N–H and O–H groups in total. The molecule has 0 atom stereocenters. The third kappa shape index (κ3) is 2.10. The average Bonchev–Trinajstić information content (AvgIpc) is 2.91. The Hall–Kier alpha value is -2.53. The van der Waals surface area contributed by atoms with Gasteiger partial charge in [0.05, 0.1) is 10.2 Å². The maximum absolute atomic E-state index is 4.43. The van der Waals surface area contributed by atoms with E-state index in [9.17, 15) is 0 Å². The van der Waals surface area contributed by atoms with Crippen LogP contribution < -0.4 is 5.32 Å². The first-order valence-electron chi connectivity index (χ1n) is 7.05. The molecule has 3 aromatic heterocycles. The molecule has 0 saturated heterocycles. The van der Waals surface area contributed by atoms with Crippen LogP contribution in [0.1, 0.15) is 11.1 Å². The Morgan fingerprint density at radius 3 is 2.86 bits per heavy atom. The topological polar surface area (TPSA) is 50.7 Å². The van der Waals surface area contributed by atoms with Gasteiger partial charge in [0.2, 0.25) is 0 Å².